The number of methoxy groups -OCH3 is 2. The summed E-state index contributed by atoms with van der Waals surface area (Å²) in [4.78, 5) is 12.5. The maximum Gasteiger partial charge on any atom is 0.271 e. The molecule has 0 radical (unpaired) electrons. The molecule has 1 N–H and O–H groups in total. The van der Waals surface area contributed by atoms with Crippen LogP contribution in [0.25, 0.3) is 10.8 Å². The van der Waals surface area contributed by atoms with Crippen molar-refractivity contribution >= 4 is 61.4 Å². The standard InChI is InChI=1S/C27H22BrIN2O4/c1-33-24-12-18(10-11-23(24)29)27(32)31-30-15-20-13-25(34-2)26(14-22(20)28)35-16-19-8-5-7-17-6-3-4-9-21(17)19/h3-15H,16H2,1-2H3,(H,31,32)/b30-15-. The monoisotopic (exact) mass is 644 g/mol. The van der Waals surface area contributed by atoms with Gasteiger partial charge in [0.15, 0.2) is 11.5 Å². The van der Waals surface area contributed by atoms with Gasteiger partial charge < -0.3 is 14.2 Å². The summed E-state index contributed by atoms with van der Waals surface area (Å²) in [6, 6.07) is 23.2. The molecule has 35 heavy (non-hydrogen) atoms. The predicted octanol–water partition coefficient (Wildman–Crippen LogP) is 6.57. The van der Waals surface area contributed by atoms with Gasteiger partial charge in [-0.3, -0.25) is 4.79 Å². The zero-order chi connectivity index (χ0) is 24.8. The van der Waals surface area contributed by atoms with Gasteiger partial charge in [0, 0.05) is 15.6 Å². The van der Waals surface area contributed by atoms with Crippen molar-refractivity contribution in [1.29, 1.82) is 0 Å². The summed E-state index contributed by atoms with van der Waals surface area (Å²) < 4.78 is 18.6. The Morgan fingerprint density at radius 3 is 2.54 bits per heavy atom. The molecule has 8 heteroatoms. The molecule has 4 rings (SSSR count). The lowest BCUT2D eigenvalue weighted by atomic mass is 10.1. The fraction of sp³-hybridized carbons (Fsp3) is 0.111. The van der Waals surface area contributed by atoms with E-state index in [1.54, 1.807) is 38.6 Å². The quantitative estimate of drug-likeness (QED) is 0.134. The first-order valence-corrected chi connectivity index (χ1v) is 12.5. The van der Waals surface area contributed by atoms with Crippen molar-refractivity contribution in [3.8, 4) is 17.2 Å². The summed E-state index contributed by atoms with van der Waals surface area (Å²) in [6.07, 6.45) is 1.54. The molecule has 0 fully saturated rings. The highest BCUT2D eigenvalue weighted by atomic mass is 127. The summed E-state index contributed by atoms with van der Waals surface area (Å²) in [7, 11) is 3.15. The minimum absolute atomic E-state index is 0.339. The summed E-state index contributed by atoms with van der Waals surface area (Å²) in [5.41, 5.74) is 4.80. The lowest BCUT2D eigenvalue weighted by Gasteiger charge is -2.14. The number of nitrogens with one attached hydrogen (secondary N) is 1. The summed E-state index contributed by atoms with van der Waals surface area (Å²) >= 11 is 5.71. The van der Waals surface area contributed by atoms with E-state index in [0.717, 1.165) is 24.6 Å². The van der Waals surface area contributed by atoms with E-state index < -0.39 is 0 Å². The Hall–Kier alpha value is -3.11. The summed E-state index contributed by atoms with van der Waals surface area (Å²) in [5.74, 6) is 1.45. The van der Waals surface area contributed by atoms with Crippen molar-refractivity contribution in [2.75, 3.05) is 14.2 Å². The van der Waals surface area contributed by atoms with Crippen LogP contribution in [-0.4, -0.2) is 26.3 Å². The molecular formula is C27H22BrIN2O4. The Balaban J connectivity index is 1.47. The average molecular weight is 645 g/mol. The highest BCUT2D eigenvalue weighted by molar-refractivity contribution is 14.1. The van der Waals surface area contributed by atoms with Crippen LogP contribution in [0.2, 0.25) is 0 Å². The molecule has 0 aliphatic rings. The molecule has 0 aliphatic carbocycles. The van der Waals surface area contributed by atoms with Gasteiger partial charge in [-0.05, 0) is 85.2 Å². The second-order valence-corrected chi connectivity index (χ2v) is 9.52. The van der Waals surface area contributed by atoms with Gasteiger partial charge in [-0.15, -0.1) is 0 Å². The van der Waals surface area contributed by atoms with Crippen molar-refractivity contribution in [1.82, 2.24) is 5.43 Å². The number of ether oxygens (including phenoxy) is 3. The number of carbonyl (C=O) groups excluding carboxylic acids is 1. The molecule has 0 bridgehead atoms. The van der Waals surface area contributed by atoms with Crippen molar-refractivity contribution < 1.29 is 19.0 Å². The van der Waals surface area contributed by atoms with Crippen molar-refractivity contribution in [3.05, 3.63) is 97.5 Å². The number of hydrazone groups is 1. The second-order valence-electron chi connectivity index (χ2n) is 7.50. The highest BCUT2D eigenvalue weighted by Gasteiger charge is 2.12. The number of hydrogen-bond acceptors (Lipinski definition) is 5. The number of hydrogen-bond donors (Lipinski definition) is 1. The molecule has 0 spiro atoms. The van der Waals surface area contributed by atoms with Gasteiger partial charge in [-0.25, -0.2) is 5.43 Å². The molecule has 0 heterocycles. The topological polar surface area (TPSA) is 69.2 Å². The van der Waals surface area contributed by atoms with E-state index in [1.165, 1.54) is 5.39 Å². The first kappa shape index (κ1) is 25.0. The fourth-order valence-electron chi connectivity index (χ4n) is 3.52. The smallest absolute Gasteiger partial charge is 0.271 e. The van der Waals surface area contributed by atoms with Gasteiger partial charge in [0.25, 0.3) is 5.91 Å². The van der Waals surface area contributed by atoms with Crippen molar-refractivity contribution in [3.63, 3.8) is 0 Å². The molecule has 1 amide bonds. The number of nitrogens with zero attached hydrogens (tertiary/aromatic N) is 1. The van der Waals surface area contributed by atoms with Crippen LogP contribution in [0.1, 0.15) is 21.5 Å². The van der Waals surface area contributed by atoms with E-state index in [9.17, 15) is 4.79 Å². The third-order valence-electron chi connectivity index (χ3n) is 5.33. The second kappa shape index (κ2) is 11.5. The van der Waals surface area contributed by atoms with E-state index in [1.807, 2.05) is 30.3 Å². The average Bonchev–Trinajstić information content (AvgIpc) is 2.88. The maximum atomic E-state index is 12.5. The van der Waals surface area contributed by atoms with E-state index in [2.05, 4.69) is 73.3 Å². The molecule has 0 saturated carbocycles. The lowest BCUT2D eigenvalue weighted by molar-refractivity contribution is 0.0954. The van der Waals surface area contributed by atoms with Gasteiger partial charge in [0.05, 0.1) is 24.0 Å². The Kier molecular flexibility index (Phi) is 8.25. The first-order chi connectivity index (χ1) is 17.0. The Bertz CT molecular complexity index is 1400. The highest BCUT2D eigenvalue weighted by Crippen LogP contribution is 2.34. The fourth-order valence-corrected chi connectivity index (χ4v) is 4.50. The van der Waals surface area contributed by atoms with Crippen LogP contribution in [-0.2, 0) is 6.61 Å². The van der Waals surface area contributed by atoms with Gasteiger partial charge in [-0.1, -0.05) is 42.5 Å². The van der Waals surface area contributed by atoms with Crippen molar-refractivity contribution in [2.24, 2.45) is 5.10 Å². The first-order valence-electron chi connectivity index (χ1n) is 10.6. The molecule has 4 aromatic rings. The van der Waals surface area contributed by atoms with Crippen LogP contribution < -0.4 is 19.6 Å². The largest absolute Gasteiger partial charge is 0.496 e. The van der Waals surface area contributed by atoms with E-state index in [4.69, 9.17) is 14.2 Å². The summed E-state index contributed by atoms with van der Waals surface area (Å²) in [5, 5.41) is 6.41. The molecule has 0 unspecified atom stereocenters. The molecule has 4 aromatic carbocycles. The van der Waals surface area contributed by atoms with E-state index >= 15 is 0 Å². The SMILES string of the molecule is COc1cc(C(=O)N/N=C\c2cc(OC)c(OCc3cccc4ccccc34)cc2Br)ccc1I. The van der Waals surface area contributed by atoms with E-state index in [0.29, 0.717) is 29.4 Å². The van der Waals surface area contributed by atoms with E-state index in [-0.39, 0.29) is 5.91 Å². The lowest BCUT2D eigenvalue weighted by Crippen LogP contribution is -2.17. The number of carbonyl (C=O) groups is 1. The number of halogens is 2. The minimum atomic E-state index is -0.339. The predicted molar refractivity (Wildman–Crippen MR) is 150 cm³/mol. The molecule has 6 nitrogen and oxygen atoms in total. The molecule has 178 valence electrons. The van der Waals surface area contributed by atoms with Crippen molar-refractivity contribution in [2.45, 2.75) is 6.61 Å². The van der Waals surface area contributed by atoms with Crippen LogP contribution in [0, 0.1) is 3.57 Å². The molecule has 0 atom stereocenters. The van der Waals surface area contributed by atoms with Crippen LogP contribution in [0.3, 0.4) is 0 Å². The van der Waals surface area contributed by atoms with Crippen LogP contribution in [0.4, 0.5) is 0 Å². The third-order valence-corrected chi connectivity index (χ3v) is 6.91. The normalized spacial score (nSPS) is 11.0. The minimum Gasteiger partial charge on any atom is -0.496 e. The Morgan fingerprint density at radius 2 is 1.74 bits per heavy atom. The van der Waals surface area contributed by atoms with Crippen LogP contribution in [0.15, 0.2) is 82.4 Å². The number of rotatable bonds is 8. The number of benzene rings is 4. The Labute approximate surface area is 225 Å². The van der Waals surface area contributed by atoms with Gasteiger partial charge in [-0.2, -0.15) is 5.10 Å². The zero-order valence-corrected chi connectivity index (χ0v) is 22.8. The van der Waals surface area contributed by atoms with Crippen LogP contribution >= 0.6 is 38.5 Å². The van der Waals surface area contributed by atoms with Gasteiger partial charge >= 0.3 is 0 Å². The number of amides is 1. The van der Waals surface area contributed by atoms with Gasteiger partial charge in [0.1, 0.15) is 12.4 Å². The number of fused-ring (bicyclic) bond motifs is 1. The summed E-state index contributed by atoms with van der Waals surface area (Å²) in [6.45, 7) is 0.396. The molecule has 0 saturated heterocycles. The van der Waals surface area contributed by atoms with Gasteiger partial charge in [0.2, 0.25) is 0 Å². The molecular weight excluding hydrogens is 623 g/mol. The third kappa shape index (κ3) is 5.94. The zero-order valence-electron chi connectivity index (χ0n) is 19.0. The van der Waals surface area contributed by atoms with Crippen LogP contribution in [0.5, 0.6) is 17.2 Å². The maximum absolute atomic E-state index is 12.5. The Morgan fingerprint density at radius 1 is 0.971 bits per heavy atom. The molecule has 0 aromatic heterocycles. The molecule has 0 aliphatic heterocycles.